The lowest BCUT2D eigenvalue weighted by atomic mass is 10.2. The summed E-state index contributed by atoms with van der Waals surface area (Å²) in [7, 11) is 1.72. The van der Waals surface area contributed by atoms with E-state index in [1.807, 2.05) is 24.3 Å². The Bertz CT molecular complexity index is 291. The van der Waals surface area contributed by atoms with Crippen LogP contribution in [0.2, 0.25) is 0 Å². The van der Waals surface area contributed by atoms with Crippen LogP contribution in [0.4, 0.5) is 0 Å². The van der Waals surface area contributed by atoms with E-state index in [1.165, 1.54) is 0 Å². The molecule has 0 fully saturated rings. The van der Waals surface area contributed by atoms with Crippen LogP contribution in [0.1, 0.15) is 6.42 Å². The van der Waals surface area contributed by atoms with Crippen LogP contribution in [0.25, 0.3) is 0 Å². The SMILES string of the molecule is CNNN=NCC1=CC=CCC=C1Cl. The second-order valence-corrected chi connectivity index (χ2v) is 3.08. The third kappa shape index (κ3) is 3.72. The van der Waals surface area contributed by atoms with Crippen molar-refractivity contribution in [2.45, 2.75) is 6.42 Å². The van der Waals surface area contributed by atoms with Crippen molar-refractivity contribution in [2.24, 2.45) is 10.3 Å². The molecule has 76 valence electrons. The zero-order chi connectivity index (χ0) is 10.2. The van der Waals surface area contributed by atoms with Crippen LogP contribution in [0.15, 0.2) is 45.2 Å². The van der Waals surface area contributed by atoms with Crippen LogP contribution in [0, 0.1) is 0 Å². The highest BCUT2D eigenvalue weighted by atomic mass is 35.5. The molecule has 14 heavy (non-hydrogen) atoms. The van der Waals surface area contributed by atoms with Gasteiger partial charge in [0, 0.05) is 12.1 Å². The topological polar surface area (TPSA) is 48.8 Å². The van der Waals surface area contributed by atoms with Crippen LogP contribution >= 0.6 is 11.6 Å². The van der Waals surface area contributed by atoms with Crippen LogP contribution in [0.5, 0.6) is 0 Å². The molecule has 1 aliphatic rings. The molecular weight excluding hydrogens is 200 g/mol. The van der Waals surface area contributed by atoms with Crippen molar-refractivity contribution < 1.29 is 0 Å². The molecule has 0 saturated carbocycles. The highest BCUT2D eigenvalue weighted by Crippen LogP contribution is 2.18. The third-order valence-electron chi connectivity index (χ3n) is 1.65. The lowest BCUT2D eigenvalue weighted by Crippen LogP contribution is -2.20. The number of hydrogen-bond acceptors (Lipinski definition) is 3. The standard InChI is InChI=1S/C9H13ClN4/c1-11-13-14-12-7-8-5-3-2-4-6-9(8)10/h2-3,5-6H,4,7H2,1H3,(H,11,14)(H,12,13). The van der Waals surface area contributed by atoms with Gasteiger partial charge < -0.3 is 0 Å². The van der Waals surface area contributed by atoms with Gasteiger partial charge in [0.05, 0.1) is 6.54 Å². The van der Waals surface area contributed by atoms with Crippen LogP contribution in [0.3, 0.4) is 0 Å². The van der Waals surface area contributed by atoms with E-state index in [1.54, 1.807) is 7.05 Å². The Balaban J connectivity index is 2.50. The Morgan fingerprint density at radius 1 is 1.57 bits per heavy atom. The summed E-state index contributed by atoms with van der Waals surface area (Å²) in [5.41, 5.74) is 6.13. The summed E-state index contributed by atoms with van der Waals surface area (Å²) in [5.74, 6) is 0. The van der Waals surface area contributed by atoms with Gasteiger partial charge in [-0.25, -0.2) is 11.0 Å². The molecule has 0 radical (unpaired) electrons. The smallest absolute Gasteiger partial charge is 0.0885 e. The minimum atomic E-state index is 0.481. The van der Waals surface area contributed by atoms with E-state index in [0.717, 1.165) is 17.0 Å². The van der Waals surface area contributed by atoms with Crippen LogP contribution in [-0.2, 0) is 0 Å². The van der Waals surface area contributed by atoms with E-state index in [2.05, 4.69) is 21.3 Å². The van der Waals surface area contributed by atoms with E-state index in [0.29, 0.717) is 6.54 Å². The molecule has 0 atom stereocenters. The van der Waals surface area contributed by atoms with Gasteiger partial charge in [-0.05, 0) is 12.0 Å². The predicted octanol–water partition coefficient (Wildman–Crippen LogP) is 2.09. The molecule has 2 N–H and O–H groups in total. The minimum absolute atomic E-state index is 0.481. The molecule has 0 aromatic heterocycles. The summed E-state index contributed by atoms with van der Waals surface area (Å²) in [6.45, 7) is 0.481. The Hall–Kier alpha value is -1.13. The van der Waals surface area contributed by atoms with Crippen molar-refractivity contribution in [3.63, 3.8) is 0 Å². The van der Waals surface area contributed by atoms with Gasteiger partial charge in [-0.3, -0.25) is 0 Å². The number of nitrogens with one attached hydrogen (secondary N) is 2. The first-order chi connectivity index (χ1) is 6.84. The molecule has 0 aromatic carbocycles. The van der Waals surface area contributed by atoms with Crippen molar-refractivity contribution in [3.05, 3.63) is 34.9 Å². The van der Waals surface area contributed by atoms with Crippen molar-refractivity contribution in [1.29, 1.82) is 0 Å². The third-order valence-corrected chi connectivity index (χ3v) is 2.04. The average molecular weight is 213 g/mol. The Kier molecular flexibility index (Phi) is 4.96. The van der Waals surface area contributed by atoms with Gasteiger partial charge in [0.15, 0.2) is 0 Å². The number of rotatable bonds is 4. The van der Waals surface area contributed by atoms with Gasteiger partial charge in [0.25, 0.3) is 0 Å². The fourth-order valence-electron chi connectivity index (χ4n) is 0.970. The number of hydrazine groups is 1. The summed E-state index contributed by atoms with van der Waals surface area (Å²) in [5, 5.41) is 8.31. The molecule has 0 heterocycles. The highest BCUT2D eigenvalue weighted by Gasteiger charge is 2.01. The average Bonchev–Trinajstić information content (AvgIpc) is 2.39. The molecule has 1 aliphatic carbocycles. The summed E-state index contributed by atoms with van der Waals surface area (Å²) in [6.07, 6.45) is 8.79. The van der Waals surface area contributed by atoms with E-state index >= 15 is 0 Å². The molecular formula is C9H13ClN4. The van der Waals surface area contributed by atoms with E-state index in [4.69, 9.17) is 11.6 Å². The van der Waals surface area contributed by atoms with Gasteiger partial charge in [-0.2, -0.15) is 5.11 Å². The van der Waals surface area contributed by atoms with E-state index in [-0.39, 0.29) is 0 Å². The quantitative estimate of drug-likeness (QED) is 0.554. The molecule has 0 unspecified atom stereocenters. The number of allylic oxidation sites excluding steroid dienone is 4. The zero-order valence-corrected chi connectivity index (χ0v) is 8.75. The molecule has 0 bridgehead atoms. The fourth-order valence-corrected chi connectivity index (χ4v) is 1.18. The Labute approximate surface area is 88.4 Å². The van der Waals surface area contributed by atoms with E-state index in [9.17, 15) is 0 Å². The molecule has 0 aromatic rings. The molecule has 0 saturated heterocycles. The van der Waals surface area contributed by atoms with Gasteiger partial charge >= 0.3 is 0 Å². The largest absolute Gasteiger partial charge is 0.225 e. The zero-order valence-electron chi connectivity index (χ0n) is 8.00. The maximum absolute atomic E-state index is 6.02. The lowest BCUT2D eigenvalue weighted by Gasteiger charge is -1.99. The van der Waals surface area contributed by atoms with Gasteiger partial charge in [0.2, 0.25) is 0 Å². The first kappa shape index (κ1) is 10.9. The number of halogens is 1. The summed E-state index contributed by atoms with van der Waals surface area (Å²) in [4.78, 5) is 0. The van der Waals surface area contributed by atoms with Gasteiger partial charge in [-0.15, -0.1) is 0 Å². The molecule has 4 nitrogen and oxygen atoms in total. The summed E-state index contributed by atoms with van der Waals surface area (Å²) >= 11 is 6.02. The van der Waals surface area contributed by atoms with Crippen molar-refractivity contribution >= 4 is 11.6 Å². The maximum atomic E-state index is 6.02. The second-order valence-electron chi connectivity index (χ2n) is 2.67. The Morgan fingerprint density at radius 3 is 3.21 bits per heavy atom. The summed E-state index contributed by atoms with van der Waals surface area (Å²) in [6, 6.07) is 0. The molecule has 5 heteroatoms. The number of hydrogen-bond donors (Lipinski definition) is 2. The minimum Gasteiger partial charge on any atom is -0.225 e. The second kappa shape index (κ2) is 6.34. The highest BCUT2D eigenvalue weighted by molar-refractivity contribution is 6.32. The molecule has 0 aliphatic heterocycles. The Morgan fingerprint density at radius 2 is 2.43 bits per heavy atom. The van der Waals surface area contributed by atoms with Crippen LogP contribution < -0.4 is 11.0 Å². The van der Waals surface area contributed by atoms with E-state index < -0.39 is 0 Å². The maximum Gasteiger partial charge on any atom is 0.0885 e. The van der Waals surface area contributed by atoms with Crippen molar-refractivity contribution in [2.75, 3.05) is 13.6 Å². The lowest BCUT2D eigenvalue weighted by molar-refractivity contribution is 0.590. The fraction of sp³-hybridized carbons (Fsp3) is 0.333. The first-order valence-corrected chi connectivity index (χ1v) is 4.72. The number of nitrogens with zero attached hydrogens (tertiary/aromatic N) is 2. The predicted molar refractivity (Wildman–Crippen MR) is 57.7 cm³/mol. The normalized spacial score (nSPS) is 16.4. The summed E-state index contributed by atoms with van der Waals surface area (Å²) < 4.78 is 0. The molecule has 0 amide bonds. The molecule has 1 rings (SSSR count). The van der Waals surface area contributed by atoms with Gasteiger partial charge in [-0.1, -0.05) is 41.1 Å². The van der Waals surface area contributed by atoms with Gasteiger partial charge in [0.1, 0.15) is 0 Å². The van der Waals surface area contributed by atoms with Crippen molar-refractivity contribution in [1.82, 2.24) is 11.0 Å². The van der Waals surface area contributed by atoms with Crippen LogP contribution in [-0.4, -0.2) is 13.6 Å². The van der Waals surface area contributed by atoms with Crippen molar-refractivity contribution in [3.8, 4) is 0 Å². The first-order valence-electron chi connectivity index (χ1n) is 4.34. The molecule has 0 spiro atoms. The monoisotopic (exact) mass is 212 g/mol.